The van der Waals surface area contributed by atoms with Crippen molar-refractivity contribution in [2.45, 2.75) is 43.5 Å². The van der Waals surface area contributed by atoms with Crippen LogP contribution in [-0.2, 0) is 6.54 Å². The van der Waals surface area contributed by atoms with Crippen LogP contribution in [0.25, 0.3) is 0 Å². The fourth-order valence-corrected chi connectivity index (χ4v) is 3.53. The van der Waals surface area contributed by atoms with Crippen molar-refractivity contribution in [1.82, 2.24) is 5.32 Å². The van der Waals surface area contributed by atoms with Crippen LogP contribution in [0.5, 0.6) is 0 Å². The normalized spacial score (nSPS) is 23.8. The molecule has 1 aromatic rings. The van der Waals surface area contributed by atoms with Crippen LogP contribution in [0.4, 0.5) is 0 Å². The van der Waals surface area contributed by atoms with Gasteiger partial charge in [-0.25, -0.2) is 0 Å². The Morgan fingerprint density at radius 2 is 2.35 bits per heavy atom. The first kappa shape index (κ1) is 15.2. The standard InChI is InChI=1S/C15H23N3OS/c1-20-14-7-3-6-13(9-14)17-10-11-4-2-5-12(8-11)15(16)18-19/h2,4-5,8,13-14,17,19H,3,6-7,9-10H2,1H3,(H2,16,18). The summed E-state index contributed by atoms with van der Waals surface area (Å²) in [5, 5.41) is 16.2. The van der Waals surface area contributed by atoms with Crippen LogP contribution in [0.15, 0.2) is 29.4 Å². The number of oxime groups is 1. The first-order chi connectivity index (χ1) is 9.72. The van der Waals surface area contributed by atoms with E-state index in [2.05, 4.69) is 22.8 Å². The van der Waals surface area contributed by atoms with Gasteiger partial charge in [0, 0.05) is 23.4 Å². The van der Waals surface area contributed by atoms with Crippen molar-refractivity contribution in [2.24, 2.45) is 10.9 Å². The molecule has 1 aliphatic carbocycles. The Kier molecular flexibility index (Phi) is 5.73. The molecule has 1 saturated carbocycles. The van der Waals surface area contributed by atoms with Gasteiger partial charge in [0.2, 0.25) is 0 Å². The molecule has 2 unspecified atom stereocenters. The average Bonchev–Trinajstić information content (AvgIpc) is 2.52. The van der Waals surface area contributed by atoms with Crippen molar-refractivity contribution in [2.75, 3.05) is 6.26 Å². The predicted molar refractivity (Wildman–Crippen MR) is 85.4 cm³/mol. The summed E-state index contributed by atoms with van der Waals surface area (Å²) in [6.45, 7) is 0.832. The van der Waals surface area contributed by atoms with Crippen LogP contribution >= 0.6 is 11.8 Å². The zero-order valence-corrected chi connectivity index (χ0v) is 12.7. The summed E-state index contributed by atoms with van der Waals surface area (Å²) < 4.78 is 0. The maximum Gasteiger partial charge on any atom is 0.170 e. The Bertz CT molecular complexity index is 464. The summed E-state index contributed by atoms with van der Waals surface area (Å²) in [5.41, 5.74) is 7.54. The van der Waals surface area contributed by atoms with E-state index in [1.165, 1.54) is 31.2 Å². The van der Waals surface area contributed by atoms with E-state index in [1.54, 1.807) is 0 Å². The van der Waals surface area contributed by atoms with Crippen LogP contribution in [0.2, 0.25) is 0 Å². The van der Waals surface area contributed by atoms with Crippen LogP contribution < -0.4 is 11.1 Å². The van der Waals surface area contributed by atoms with E-state index in [-0.39, 0.29) is 5.84 Å². The van der Waals surface area contributed by atoms with Gasteiger partial charge in [-0.2, -0.15) is 11.8 Å². The molecule has 0 bridgehead atoms. The third-order valence-corrected chi connectivity index (χ3v) is 4.98. The van der Waals surface area contributed by atoms with Gasteiger partial charge < -0.3 is 16.3 Å². The van der Waals surface area contributed by atoms with Gasteiger partial charge in [0.15, 0.2) is 5.84 Å². The molecule has 0 amide bonds. The Balaban J connectivity index is 1.90. The van der Waals surface area contributed by atoms with Gasteiger partial charge in [-0.15, -0.1) is 0 Å². The predicted octanol–water partition coefficient (Wildman–Crippen LogP) is 2.54. The van der Waals surface area contributed by atoms with Crippen molar-refractivity contribution in [3.05, 3.63) is 35.4 Å². The van der Waals surface area contributed by atoms with E-state index in [4.69, 9.17) is 10.9 Å². The quantitative estimate of drug-likeness (QED) is 0.338. The number of benzene rings is 1. The molecule has 0 heterocycles. The lowest BCUT2D eigenvalue weighted by Crippen LogP contribution is -2.34. The van der Waals surface area contributed by atoms with Crippen LogP contribution in [0.3, 0.4) is 0 Å². The summed E-state index contributed by atoms with van der Waals surface area (Å²) in [7, 11) is 0. The number of hydrogen-bond acceptors (Lipinski definition) is 4. The molecule has 20 heavy (non-hydrogen) atoms. The van der Waals surface area contributed by atoms with Gasteiger partial charge in [0.25, 0.3) is 0 Å². The topological polar surface area (TPSA) is 70.6 Å². The van der Waals surface area contributed by atoms with Crippen LogP contribution in [-0.4, -0.2) is 28.6 Å². The summed E-state index contributed by atoms with van der Waals surface area (Å²) >= 11 is 1.98. The smallest absolute Gasteiger partial charge is 0.170 e. The maximum absolute atomic E-state index is 8.71. The largest absolute Gasteiger partial charge is 0.409 e. The minimum Gasteiger partial charge on any atom is -0.409 e. The first-order valence-electron chi connectivity index (χ1n) is 7.06. The van der Waals surface area contributed by atoms with E-state index >= 15 is 0 Å². The van der Waals surface area contributed by atoms with Gasteiger partial charge in [-0.1, -0.05) is 29.8 Å². The molecule has 2 atom stereocenters. The Hall–Kier alpha value is -1.20. The minimum absolute atomic E-state index is 0.159. The van der Waals surface area contributed by atoms with E-state index in [0.29, 0.717) is 6.04 Å². The Morgan fingerprint density at radius 3 is 3.10 bits per heavy atom. The molecule has 1 aromatic carbocycles. The minimum atomic E-state index is 0.159. The van der Waals surface area contributed by atoms with Gasteiger partial charge in [-0.05, 0) is 37.1 Å². The molecule has 0 spiro atoms. The zero-order valence-electron chi connectivity index (χ0n) is 11.9. The third kappa shape index (κ3) is 4.15. The fourth-order valence-electron chi connectivity index (χ4n) is 2.70. The SMILES string of the molecule is CSC1CCCC(NCc2cccc(/C(N)=N/O)c2)C1. The highest BCUT2D eigenvalue weighted by Gasteiger charge is 2.20. The summed E-state index contributed by atoms with van der Waals surface area (Å²) in [6, 6.07) is 8.43. The molecule has 1 aliphatic rings. The highest BCUT2D eigenvalue weighted by atomic mass is 32.2. The van der Waals surface area contributed by atoms with Crippen molar-refractivity contribution in [1.29, 1.82) is 0 Å². The third-order valence-electron chi connectivity index (χ3n) is 3.88. The average molecular weight is 293 g/mol. The Morgan fingerprint density at radius 1 is 1.50 bits per heavy atom. The number of nitrogens with two attached hydrogens (primary N) is 1. The van der Waals surface area contributed by atoms with Gasteiger partial charge in [0.1, 0.15) is 0 Å². The monoisotopic (exact) mass is 293 g/mol. The van der Waals surface area contributed by atoms with Gasteiger partial charge in [-0.3, -0.25) is 0 Å². The fraction of sp³-hybridized carbons (Fsp3) is 0.533. The molecule has 0 saturated heterocycles. The van der Waals surface area contributed by atoms with Gasteiger partial charge >= 0.3 is 0 Å². The van der Waals surface area contributed by atoms with Crippen LogP contribution in [0.1, 0.15) is 36.8 Å². The molecule has 0 aliphatic heterocycles. The zero-order chi connectivity index (χ0) is 14.4. The number of amidine groups is 1. The van der Waals surface area contributed by atoms with Crippen molar-refractivity contribution >= 4 is 17.6 Å². The number of thioether (sulfide) groups is 1. The lowest BCUT2D eigenvalue weighted by atomic mass is 9.94. The highest BCUT2D eigenvalue weighted by Crippen LogP contribution is 2.27. The number of nitrogens with zero attached hydrogens (tertiary/aromatic N) is 1. The van der Waals surface area contributed by atoms with E-state index in [1.807, 2.05) is 30.0 Å². The lowest BCUT2D eigenvalue weighted by Gasteiger charge is -2.28. The van der Waals surface area contributed by atoms with Gasteiger partial charge in [0.05, 0.1) is 0 Å². The molecule has 4 N–H and O–H groups in total. The number of rotatable bonds is 5. The van der Waals surface area contributed by atoms with Crippen molar-refractivity contribution in [3.8, 4) is 0 Å². The van der Waals surface area contributed by atoms with E-state index in [9.17, 15) is 0 Å². The molecule has 110 valence electrons. The van der Waals surface area contributed by atoms with E-state index in [0.717, 1.165) is 17.4 Å². The molecule has 0 radical (unpaired) electrons. The van der Waals surface area contributed by atoms with Crippen molar-refractivity contribution < 1.29 is 5.21 Å². The van der Waals surface area contributed by atoms with Crippen LogP contribution in [0, 0.1) is 0 Å². The van der Waals surface area contributed by atoms with Crippen molar-refractivity contribution in [3.63, 3.8) is 0 Å². The molecular formula is C15H23N3OS. The highest BCUT2D eigenvalue weighted by molar-refractivity contribution is 7.99. The number of nitrogens with one attached hydrogen (secondary N) is 1. The molecule has 1 fully saturated rings. The second-order valence-electron chi connectivity index (χ2n) is 5.29. The molecule has 0 aromatic heterocycles. The summed E-state index contributed by atoms with van der Waals surface area (Å²) in [4.78, 5) is 0. The lowest BCUT2D eigenvalue weighted by molar-refractivity contribution is 0.318. The summed E-state index contributed by atoms with van der Waals surface area (Å²) in [6.07, 6.45) is 7.37. The first-order valence-corrected chi connectivity index (χ1v) is 8.34. The molecule has 5 heteroatoms. The maximum atomic E-state index is 8.71. The second kappa shape index (κ2) is 7.55. The second-order valence-corrected chi connectivity index (χ2v) is 6.43. The summed E-state index contributed by atoms with van der Waals surface area (Å²) in [5.74, 6) is 0.159. The molecule has 4 nitrogen and oxygen atoms in total. The Labute approximate surface area is 124 Å². The number of hydrogen-bond donors (Lipinski definition) is 3. The molecular weight excluding hydrogens is 270 g/mol. The van der Waals surface area contributed by atoms with E-state index < -0.39 is 0 Å². The molecule has 2 rings (SSSR count).